The molecular formula is C40H60N8O6S. The lowest BCUT2D eigenvalue weighted by Crippen LogP contribution is -2.60. The van der Waals surface area contributed by atoms with Crippen LogP contribution in [0.3, 0.4) is 0 Å². The molecule has 5 amide bonds. The van der Waals surface area contributed by atoms with Crippen molar-refractivity contribution >= 4 is 59.1 Å². The number of hydrogen-bond donors (Lipinski definition) is 6. The van der Waals surface area contributed by atoms with Crippen LogP contribution in [-0.2, 0) is 34.5 Å². The molecule has 1 saturated heterocycles. The molecule has 55 heavy (non-hydrogen) atoms. The van der Waals surface area contributed by atoms with Crippen molar-refractivity contribution in [3.63, 3.8) is 0 Å². The minimum Gasteiger partial charge on any atom is -0.370 e. The van der Waals surface area contributed by atoms with Crippen molar-refractivity contribution in [2.75, 3.05) is 18.8 Å². The molecule has 1 aromatic carbocycles. The highest BCUT2D eigenvalue weighted by molar-refractivity contribution is 7.98. The molecule has 9 N–H and O–H groups in total. The summed E-state index contributed by atoms with van der Waals surface area (Å²) in [5.74, 6) is -2.89. The standard InChI is InChI=1S/C40H60N8O6S/c1-40(2,3)28(35(41)51)22-32(49)29(16-9-19-44-39(42)43)45-36(52)30-24-55-23-26-13-7-11-25(21-26)12-8-18-33(50)48-20-10-17-31(48)37(53)47-34(38(54)46-30)27-14-5-4-6-15-27/h7-8,11-13,21,27-31,34H,4-6,9-10,14-20,22-24H2,1-3H3,(H2,41,51)(H,45,52)(H,46,54)(H,47,53)(H4,42,43,44)/b12-8+/t28-,29+,30+,31+,34+/m1/s1. The second-order valence-electron chi connectivity index (χ2n) is 16.1. The fourth-order valence-electron chi connectivity index (χ4n) is 7.66. The molecule has 14 nitrogen and oxygen atoms in total. The number of thioether (sulfide) groups is 1. The summed E-state index contributed by atoms with van der Waals surface area (Å²) in [5, 5.41) is 8.85. The van der Waals surface area contributed by atoms with Crippen molar-refractivity contribution in [1.82, 2.24) is 20.9 Å². The minimum absolute atomic E-state index is 0.0983. The monoisotopic (exact) mass is 780 g/mol. The molecule has 0 aromatic heterocycles. The highest BCUT2D eigenvalue weighted by Crippen LogP contribution is 2.30. The summed E-state index contributed by atoms with van der Waals surface area (Å²) in [4.78, 5) is 87.6. The van der Waals surface area contributed by atoms with Crippen LogP contribution in [0, 0.1) is 17.3 Å². The second-order valence-corrected chi connectivity index (χ2v) is 17.1. The summed E-state index contributed by atoms with van der Waals surface area (Å²) in [6.45, 7) is 6.16. The number of aliphatic imine (C=N–C) groups is 1. The molecule has 4 rings (SSSR count). The first-order chi connectivity index (χ1) is 26.1. The Kier molecular flexibility index (Phi) is 16.1. The first-order valence-electron chi connectivity index (χ1n) is 19.5. The molecule has 302 valence electrons. The van der Waals surface area contributed by atoms with Crippen LogP contribution in [0.2, 0.25) is 0 Å². The van der Waals surface area contributed by atoms with Crippen LogP contribution in [0.4, 0.5) is 0 Å². The van der Waals surface area contributed by atoms with Crippen molar-refractivity contribution in [2.45, 2.75) is 121 Å². The van der Waals surface area contributed by atoms with Gasteiger partial charge in [-0.2, -0.15) is 11.8 Å². The molecule has 0 unspecified atom stereocenters. The Morgan fingerprint density at radius 1 is 1.00 bits per heavy atom. The van der Waals surface area contributed by atoms with E-state index in [9.17, 15) is 28.8 Å². The lowest BCUT2D eigenvalue weighted by atomic mass is 9.76. The maximum atomic E-state index is 14.3. The largest absolute Gasteiger partial charge is 0.370 e. The predicted molar refractivity (Wildman–Crippen MR) is 215 cm³/mol. The Hall–Kier alpha value is -4.40. The van der Waals surface area contributed by atoms with Gasteiger partial charge in [0.1, 0.15) is 18.1 Å². The van der Waals surface area contributed by atoms with Crippen molar-refractivity contribution in [3.05, 3.63) is 41.5 Å². The van der Waals surface area contributed by atoms with Gasteiger partial charge in [-0.1, -0.05) is 76.5 Å². The third-order valence-electron chi connectivity index (χ3n) is 10.8. The average Bonchev–Trinajstić information content (AvgIpc) is 3.63. The SMILES string of the molecule is CC(C)(C)[C@H](CC(=O)[C@H](CCCN=C(N)N)NC(=O)[C@@H]1CSCc2cccc(c2)/C=C/CC(=O)N2CCC[C@H]2C(=O)N[C@@H](C2CCCCC2)C(=O)N1)C(N)=O. The van der Waals surface area contributed by atoms with Crippen molar-refractivity contribution in [2.24, 2.45) is 39.4 Å². The fraction of sp³-hybridized carbons (Fsp3) is 0.625. The highest BCUT2D eigenvalue weighted by atomic mass is 32.2. The zero-order valence-electron chi connectivity index (χ0n) is 32.5. The predicted octanol–water partition coefficient (Wildman–Crippen LogP) is 2.52. The first kappa shape index (κ1) is 43.3. The maximum Gasteiger partial charge on any atom is 0.244 e. The Morgan fingerprint density at radius 2 is 1.75 bits per heavy atom. The van der Waals surface area contributed by atoms with E-state index in [0.29, 0.717) is 31.6 Å². The number of benzene rings is 1. The summed E-state index contributed by atoms with van der Waals surface area (Å²) in [6, 6.07) is 4.15. The molecule has 2 heterocycles. The fourth-order valence-corrected chi connectivity index (χ4v) is 8.66. The average molecular weight is 781 g/mol. The first-order valence-corrected chi connectivity index (χ1v) is 20.7. The smallest absolute Gasteiger partial charge is 0.244 e. The summed E-state index contributed by atoms with van der Waals surface area (Å²) in [7, 11) is 0. The summed E-state index contributed by atoms with van der Waals surface area (Å²) in [6.07, 6.45) is 9.72. The van der Waals surface area contributed by atoms with E-state index in [1.807, 2.05) is 57.2 Å². The van der Waals surface area contributed by atoms with Crippen molar-refractivity contribution in [1.29, 1.82) is 0 Å². The van der Waals surface area contributed by atoms with Gasteiger partial charge >= 0.3 is 0 Å². The Bertz CT molecular complexity index is 1600. The molecule has 15 heteroatoms. The van der Waals surface area contributed by atoms with E-state index < -0.39 is 53.2 Å². The number of carbonyl (C=O) groups excluding carboxylic acids is 6. The molecule has 0 spiro atoms. The summed E-state index contributed by atoms with van der Waals surface area (Å²) >= 11 is 1.45. The number of carbonyl (C=O) groups is 6. The summed E-state index contributed by atoms with van der Waals surface area (Å²) in [5.41, 5.74) is 18.0. The number of rotatable bonds is 11. The van der Waals surface area contributed by atoms with E-state index in [-0.39, 0.29) is 61.0 Å². The second kappa shape index (κ2) is 20.5. The van der Waals surface area contributed by atoms with Crippen LogP contribution in [0.25, 0.3) is 6.08 Å². The third-order valence-corrected chi connectivity index (χ3v) is 11.9. The van der Waals surface area contributed by atoms with E-state index in [0.717, 1.165) is 43.2 Å². The molecule has 2 bridgehead atoms. The Balaban J connectivity index is 1.65. The molecule has 3 aliphatic rings. The number of nitrogens with zero attached hydrogens (tertiary/aromatic N) is 2. The van der Waals surface area contributed by atoms with E-state index >= 15 is 0 Å². The van der Waals surface area contributed by atoms with E-state index in [1.54, 1.807) is 4.90 Å². The minimum atomic E-state index is -1.07. The molecule has 2 fully saturated rings. The van der Waals surface area contributed by atoms with Gasteiger partial charge in [0, 0.05) is 43.4 Å². The van der Waals surface area contributed by atoms with Crippen LogP contribution in [-0.4, -0.2) is 89.2 Å². The van der Waals surface area contributed by atoms with E-state index in [4.69, 9.17) is 17.2 Å². The lowest BCUT2D eigenvalue weighted by molar-refractivity contribution is -0.140. The van der Waals surface area contributed by atoms with Crippen LogP contribution in [0.5, 0.6) is 0 Å². The van der Waals surface area contributed by atoms with Crippen LogP contribution < -0.4 is 33.2 Å². The van der Waals surface area contributed by atoms with E-state index in [2.05, 4.69) is 20.9 Å². The maximum absolute atomic E-state index is 14.3. The Morgan fingerprint density at radius 3 is 2.44 bits per heavy atom. The molecule has 2 aliphatic heterocycles. The molecule has 0 radical (unpaired) electrons. The number of primary amides is 1. The molecule has 1 saturated carbocycles. The number of guanidine groups is 1. The molecule has 1 aromatic rings. The van der Waals surface area contributed by atoms with Gasteiger partial charge in [0.2, 0.25) is 29.5 Å². The number of fused-ring (bicyclic) bond motifs is 3. The van der Waals surface area contributed by atoms with Gasteiger partial charge in [-0.3, -0.25) is 33.8 Å². The van der Waals surface area contributed by atoms with Crippen molar-refractivity contribution in [3.8, 4) is 0 Å². The van der Waals surface area contributed by atoms with Gasteiger partial charge in [-0.15, -0.1) is 0 Å². The summed E-state index contributed by atoms with van der Waals surface area (Å²) < 4.78 is 0. The van der Waals surface area contributed by atoms with Gasteiger partial charge in [0.15, 0.2) is 11.7 Å². The number of ketones is 1. The quantitative estimate of drug-likeness (QED) is 0.110. The molecular weight excluding hydrogens is 721 g/mol. The Labute approximate surface area is 329 Å². The third kappa shape index (κ3) is 13.1. The number of hydrogen-bond acceptors (Lipinski definition) is 8. The molecule has 1 aliphatic carbocycles. The zero-order valence-corrected chi connectivity index (χ0v) is 33.3. The lowest BCUT2D eigenvalue weighted by Gasteiger charge is -2.33. The van der Waals surface area contributed by atoms with Gasteiger partial charge in [0.25, 0.3) is 0 Å². The zero-order chi connectivity index (χ0) is 40.1. The van der Waals surface area contributed by atoms with Crippen LogP contribution in [0.1, 0.15) is 103 Å². The van der Waals surface area contributed by atoms with Gasteiger partial charge in [-0.05, 0) is 61.0 Å². The van der Waals surface area contributed by atoms with Gasteiger partial charge in [0.05, 0.1) is 6.04 Å². The van der Waals surface area contributed by atoms with Gasteiger partial charge < -0.3 is 38.1 Å². The number of amides is 5. The topological polar surface area (TPSA) is 232 Å². The highest BCUT2D eigenvalue weighted by Gasteiger charge is 2.40. The van der Waals surface area contributed by atoms with Crippen LogP contribution in [0.15, 0.2) is 35.3 Å². The van der Waals surface area contributed by atoms with Crippen LogP contribution >= 0.6 is 11.8 Å². The van der Waals surface area contributed by atoms with Gasteiger partial charge in [-0.25, -0.2) is 0 Å². The number of nitrogens with two attached hydrogens (primary N) is 3. The molecule has 5 atom stereocenters. The number of nitrogens with one attached hydrogen (secondary N) is 3. The normalized spacial score (nSPS) is 23.5. The number of Topliss-reactive ketones (excluding diaryl/α,β-unsaturated/α-hetero) is 1. The van der Waals surface area contributed by atoms with E-state index in [1.165, 1.54) is 11.8 Å². The van der Waals surface area contributed by atoms with Crippen molar-refractivity contribution < 1.29 is 28.8 Å².